The number of ketones is 1. The van der Waals surface area contributed by atoms with Crippen molar-refractivity contribution < 1.29 is 9.18 Å². The monoisotopic (exact) mass is 257 g/mol. The van der Waals surface area contributed by atoms with E-state index in [9.17, 15) is 9.18 Å². The minimum Gasteiger partial charge on any atom is -0.396 e. The molecule has 2 aromatic rings. The Labute approximate surface area is 112 Å². The maximum Gasteiger partial charge on any atom is 0.146 e. The van der Waals surface area contributed by atoms with Gasteiger partial charge >= 0.3 is 0 Å². The van der Waals surface area contributed by atoms with Gasteiger partial charge in [0.1, 0.15) is 11.6 Å². The van der Waals surface area contributed by atoms with Crippen molar-refractivity contribution in [2.24, 2.45) is 0 Å². The van der Waals surface area contributed by atoms with E-state index < -0.39 is 5.82 Å². The van der Waals surface area contributed by atoms with Crippen LogP contribution in [0.3, 0.4) is 0 Å². The van der Waals surface area contributed by atoms with Gasteiger partial charge in [-0.25, -0.2) is 4.39 Å². The molecule has 0 aliphatic carbocycles. The molecule has 1 atom stereocenters. The zero-order valence-electron chi connectivity index (χ0n) is 10.8. The van der Waals surface area contributed by atoms with Crippen molar-refractivity contribution in [2.45, 2.75) is 19.3 Å². The largest absolute Gasteiger partial charge is 0.396 e. The third kappa shape index (κ3) is 3.19. The van der Waals surface area contributed by atoms with Crippen LogP contribution in [0.15, 0.2) is 48.5 Å². The molecular weight excluding hydrogens is 241 g/mol. The summed E-state index contributed by atoms with van der Waals surface area (Å²) in [5.41, 5.74) is 7.29. The van der Waals surface area contributed by atoms with Gasteiger partial charge in [-0.15, -0.1) is 0 Å². The Bertz CT molecular complexity index is 581. The molecule has 19 heavy (non-hydrogen) atoms. The fourth-order valence-corrected chi connectivity index (χ4v) is 2.11. The van der Waals surface area contributed by atoms with Gasteiger partial charge in [0.15, 0.2) is 0 Å². The van der Waals surface area contributed by atoms with Gasteiger partial charge in [-0.1, -0.05) is 36.4 Å². The topological polar surface area (TPSA) is 43.1 Å². The Morgan fingerprint density at radius 2 is 1.89 bits per heavy atom. The molecule has 0 saturated carbocycles. The lowest BCUT2D eigenvalue weighted by atomic mass is 9.89. The van der Waals surface area contributed by atoms with Gasteiger partial charge in [0.05, 0.1) is 5.69 Å². The molecule has 0 spiro atoms. The van der Waals surface area contributed by atoms with Crippen molar-refractivity contribution >= 4 is 11.5 Å². The highest BCUT2D eigenvalue weighted by Gasteiger charge is 2.18. The molecule has 98 valence electrons. The first-order valence-corrected chi connectivity index (χ1v) is 6.17. The van der Waals surface area contributed by atoms with Gasteiger partial charge in [-0.05, 0) is 36.6 Å². The standard InChI is InChI=1S/C16H16FNO/c1-11(19)14(9-12-5-3-2-4-6-12)13-7-8-16(18)15(17)10-13/h2-8,10,14H,9,18H2,1H3. The summed E-state index contributed by atoms with van der Waals surface area (Å²) in [6, 6.07) is 14.3. The first-order chi connectivity index (χ1) is 9.08. The first kappa shape index (κ1) is 13.3. The Morgan fingerprint density at radius 1 is 1.21 bits per heavy atom. The molecular formula is C16H16FNO. The summed E-state index contributed by atoms with van der Waals surface area (Å²) < 4.78 is 13.5. The summed E-state index contributed by atoms with van der Waals surface area (Å²) in [6.07, 6.45) is 0.569. The van der Waals surface area contributed by atoms with Crippen molar-refractivity contribution in [3.8, 4) is 0 Å². The molecule has 0 aromatic heterocycles. The number of Topliss-reactive ketones (excluding diaryl/α,β-unsaturated/α-hetero) is 1. The van der Waals surface area contributed by atoms with Crippen LogP contribution >= 0.6 is 0 Å². The van der Waals surface area contributed by atoms with E-state index in [1.54, 1.807) is 6.07 Å². The van der Waals surface area contributed by atoms with E-state index in [1.807, 2.05) is 30.3 Å². The van der Waals surface area contributed by atoms with Crippen LogP contribution in [0.4, 0.5) is 10.1 Å². The fraction of sp³-hybridized carbons (Fsp3) is 0.188. The second kappa shape index (κ2) is 5.65. The van der Waals surface area contributed by atoms with Crippen molar-refractivity contribution in [2.75, 3.05) is 5.73 Å². The molecule has 0 amide bonds. The van der Waals surface area contributed by atoms with E-state index in [2.05, 4.69) is 0 Å². The number of nitrogen functional groups attached to an aromatic ring is 1. The summed E-state index contributed by atoms with van der Waals surface area (Å²) in [5, 5.41) is 0. The molecule has 3 heteroatoms. The lowest BCUT2D eigenvalue weighted by molar-refractivity contribution is -0.118. The SMILES string of the molecule is CC(=O)C(Cc1ccccc1)c1ccc(N)c(F)c1. The van der Waals surface area contributed by atoms with Crippen LogP contribution < -0.4 is 5.73 Å². The molecule has 1 unspecified atom stereocenters. The van der Waals surface area contributed by atoms with E-state index in [0.29, 0.717) is 12.0 Å². The number of anilines is 1. The number of nitrogens with two attached hydrogens (primary N) is 1. The molecule has 2 nitrogen and oxygen atoms in total. The number of benzene rings is 2. The number of halogens is 1. The van der Waals surface area contributed by atoms with Gasteiger partial charge in [-0.2, -0.15) is 0 Å². The highest BCUT2D eigenvalue weighted by atomic mass is 19.1. The van der Waals surface area contributed by atoms with Crippen LogP contribution in [0.2, 0.25) is 0 Å². The predicted molar refractivity (Wildman–Crippen MR) is 74.4 cm³/mol. The Hall–Kier alpha value is -2.16. The molecule has 2 N–H and O–H groups in total. The van der Waals surface area contributed by atoms with Gasteiger partial charge in [0, 0.05) is 5.92 Å². The van der Waals surface area contributed by atoms with E-state index in [1.165, 1.54) is 19.1 Å². The van der Waals surface area contributed by atoms with Crippen molar-refractivity contribution in [3.63, 3.8) is 0 Å². The van der Waals surface area contributed by atoms with Crippen LogP contribution in [0, 0.1) is 5.82 Å². The molecule has 0 aliphatic rings. The average Bonchev–Trinajstić information content (AvgIpc) is 2.40. The normalized spacial score (nSPS) is 12.1. The first-order valence-electron chi connectivity index (χ1n) is 6.17. The molecule has 0 heterocycles. The van der Waals surface area contributed by atoms with E-state index >= 15 is 0 Å². The van der Waals surface area contributed by atoms with Crippen LogP contribution in [0.5, 0.6) is 0 Å². The average molecular weight is 257 g/mol. The van der Waals surface area contributed by atoms with Crippen LogP contribution in [-0.4, -0.2) is 5.78 Å². The number of hydrogen-bond donors (Lipinski definition) is 1. The second-order valence-corrected chi connectivity index (χ2v) is 4.63. The lowest BCUT2D eigenvalue weighted by Crippen LogP contribution is -2.12. The zero-order valence-corrected chi connectivity index (χ0v) is 10.8. The van der Waals surface area contributed by atoms with E-state index in [-0.39, 0.29) is 17.4 Å². The summed E-state index contributed by atoms with van der Waals surface area (Å²) in [6.45, 7) is 1.53. The third-order valence-corrected chi connectivity index (χ3v) is 3.20. The van der Waals surface area contributed by atoms with Gasteiger partial charge in [-0.3, -0.25) is 4.79 Å². The zero-order chi connectivity index (χ0) is 13.8. The number of hydrogen-bond acceptors (Lipinski definition) is 2. The highest BCUT2D eigenvalue weighted by molar-refractivity contribution is 5.83. The molecule has 0 radical (unpaired) electrons. The number of carbonyl (C=O) groups is 1. The Morgan fingerprint density at radius 3 is 2.47 bits per heavy atom. The lowest BCUT2D eigenvalue weighted by Gasteiger charge is -2.15. The Balaban J connectivity index is 2.30. The molecule has 0 bridgehead atoms. The van der Waals surface area contributed by atoms with Crippen molar-refractivity contribution in [1.29, 1.82) is 0 Å². The molecule has 2 rings (SSSR count). The minimum absolute atomic E-state index is 0.0213. The molecule has 0 fully saturated rings. The smallest absolute Gasteiger partial charge is 0.146 e. The maximum atomic E-state index is 13.5. The van der Waals surface area contributed by atoms with Gasteiger partial charge < -0.3 is 5.73 Å². The van der Waals surface area contributed by atoms with Gasteiger partial charge in [0.25, 0.3) is 0 Å². The summed E-state index contributed by atoms with van der Waals surface area (Å²) in [7, 11) is 0. The minimum atomic E-state index is -0.475. The van der Waals surface area contributed by atoms with Gasteiger partial charge in [0.2, 0.25) is 0 Å². The fourth-order valence-electron chi connectivity index (χ4n) is 2.11. The number of carbonyl (C=O) groups excluding carboxylic acids is 1. The van der Waals surface area contributed by atoms with Crippen LogP contribution in [-0.2, 0) is 11.2 Å². The third-order valence-electron chi connectivity index (χ3n) is 3.20. The predicted octanol–water partition coefficient (Wildman–Crippen LogP) is 3.32. The van der Waals surface area contributed by atoms with Crippen molar-refractivity contribution in [1.82, 2.24) is 0 Å². The van der Waals surface area contributed by atoms with Crippen LogP contribution in [0.1, 0.15) is 24.0 Å². The summed E-state index contributed by atoms with van der Waals surface area (Å²) in [5.74, 6) is -0.790. The van der Waals surface area contributed by atoms with E-state index in [4.69, 9.17) is 5.73 Å². The van der Waals surface area contributed by atoms with Crippen LogP contribution in [0.25, 0.3) is 0 Å². The molecule has 2 aromatic carbocycles. The molecule has 0 aliphatic heterocycles. The van der Waals surface area contributed by atoms with E-state index in [0.717, 1.165) is 5.56 Å². The summed E-state index contributed by atoms with van der Waals surface area (Å²) >= 11 is 0. The maximum absolute atomic E-state index is 13.5. The van der Waals surface area contributed by atoms with Crippen molar-refractivity contribution in [3.05, 3.63) is 65.5 Å². The quantitative estimate of drug-likeness (QED) is 0.854. The second-order valence-electron chi connectivity index (χ2n) is 4.63. The Kier molecular flexibility index (Phi) is 3.95. The number of rotatable bonds is 4. The highest BCUT2D eigenvalue weighted by Crippen LogP contribution is 2.24. The summed E-state index contributed by atoms with van der Waals surface area (Å²) in [4.78, 5) is 11.8. The molecule has 0 saturated heterocycles.